The van der Waals surface area contributed by atoms with Crippen LogP contribution < -0.4 is 4.90 Å². The lowest BCUT2D eigenvalue weighted by atomic mass is 9.78. The summed E-state index contributed by atoms with van der Waals surface area (Å²) in [5, 5.41) is 0. The minimum absolute atomic E-state index is 0.253. The molecule has 2 aromatic rings. The molecule has 2 saturated heterocycles. The number of aromatic nitrogens is 3. The Kier molecular flexibility index (Phi) is 4.52. The maximum atomic E-state index is 13.1. The molecule has 1 spiro atoms. The van der Waals surface area contributed by atoms with E-state index in [1.807, 2.05) is 11.8 Å². The van der Waals surface area contributed by atoms with Crippen LogP contribution in [0, 0.1) is 5.41 Å². The number of hydrogen-bond acceptors (Lipinski definition) is 7. The van der Waals surface area contributed by atoms with Crippen molar-refractivity contribution in [3.05, 3.63) is 12.2 Å². The smallest absolute Gasteiger partial charge is 0.252 e. The van der Waals surface area contributed by atoms with E-state index in [2.05, 4.69) is 19.9 Å². The molecule has 0 aliphatic carbocycles. The molecule has 140 valence electrons. The van der Waals surface area contributed by atoms with Crippen LogP contribution in [-0.4, -0.2) is 65.7 Å². The fourth-order valence-electron chi connectivity index (χ4n) is 4.17. The number of amides is 1. The van der Waals surface area contributed by atoms with Crippen molar-refractivity contribution in [3.8, 4) is 0 Å². The zero-order valence-electron chi connectivity index (χ0n) is 15.4. The van der Waals surface area contributed by atoms with Gasteiger partial charge in [-0.2, -0.15) is 4.98 Å². The SMILES string of the molecule is CCc1nc2c(N3CC[C@@]4(CCCN(CCOC)C4=O)C3)ncnc2o1. The number of piperidine rings is 1. The summed E-state index contributed by atoms with van der Waals surface area (Å²) < 4.78 is 10.8. The highest BCUT2D eigenvalue weighted by molar-refractivity contribution is 5.87. The van der Waals surface area contributed by atoms with Gasteiger partial charge in [0.2, 0.25) is 5.91 Å². The summed E-state index contributed by atoms with van der Waals surface area (Å²) in [6.07, 6.45) is 5.04. The van der Waals surface area contributed by atoms with Crippen molar-refractivity contribution >= 4 is 23.0 Å². The van der Waals surface area contributed by atoms with Crippen LogP contribution in [0.15, 0.2) is 10.7 Å². The molecule has 2 aromatic heterocycles. The van der Waals surface area contributed by atoms with Crippen LogP contribution in [0.2, 0.25) is 0 Å². The Hall–Kier alpha value is -2.22. The molecule has 4 rings (SSSR count). The van der Waals surface area contributed by atoms with Crippen LogP contribution in [0.3, 0.4) is 0 Å². The number of ether oxygens (including phenoxy) is 1. The quantitative estimate of drug-likeness (QED) is 0.802. The van der Waals surface area contributed by atoms with E-state index in [0.717, 1.165) is 38.2 Å². The van der Waals surface area contributed by atoms with Gasteiger partial charge in [0.1, 0.15) is 6.33 Å². The molecular weight excluding hydrogens is 334 g/mol. The highest BCUT2D eigenvalue weighted by Crippen LogP contribution is 2.42. The number of aryl methyl sites for hydroxylation is 1. The van der Waals surface area contributed by atoms with Crippen molar-refractivity contribution in [3.63, 3.8) is 0 Å². The first kappa shape index (κ1) is 17.2. The third-order valence-corrected chi connectivity index (χ3v) is 5.57. The Labute approximate surface area is 152 Å². The highest BCUT2D eigenvalue weighted by Gasteiger charge is 2.48. The lowest BCUT2D eigenvalue weighted by molar-refractivity contribution is -0.145. The Morgan fingerprint density at radius 3 is 3.00 bits per heavy atom. The molecule has 8 heteroatoms. The normalized spacial score (nSPS) is 23.5. The monoisotopic (exact) mass is 359 g/mol. The van der Waals surface area contributed by atoms with E-state index in [4.69, 9.17) is 9.15 Å². The average Bonchev–Trinajstić information content (AvgIpc) is 3.27. The molecule has 0 bridgehead atoms. The fourth-order valence-corrected chi connectivity index (χ4v) is 4.17. The molecule has 0 aromatic carbocycles. The summed E-state index contributed by atoms with van der Waals surface area (Å²) >= 11 is 0. The van der Waals surface area contributed by atoms with Gasteiger partial charge in [-0.15, -0.1) is 0 Å². The molecule has 8 nitrogen and oxygen atoms in total. The van der Waals surface area contributed by atoms with Crippen LogP contribution in [-0.2, 0) is 16.0 Å². The van der Waals surface area contributed by atoms with E-state index in [1.165, 1.54) is 6.33 Å². The van der Waals surface area contributed by atoms with Crippen molar-refractivity contribution in [1.82, 2.24) is 19.9 Å². The topological polar surface area (TPSA) is 84.6 Å². The minimum Gasteiger partial charge on any atom is -0.422 e. The predicted molar refractivity (Wildman–Crippen MR) is 95.9 cm³/mol. The number of likely N-dealkylation sites (tertiary alicyclic amines) is 1. The van der Waals surface area contributed by atoms with Crippen molar-refractivity contribution in [1.29, 1.82) is 0 Å². The van der Waals surface area contributed by atoms with Crippen LogP contribution >= 0.6 is 0 Å². The molecule has 26 heavy (non-hydrogen) atoms. The Morgan fingerprint density at radius 2 is 2.19 bits per heavy atom. The number of nitrogens with zero attached hydrogens (tertiary/aromatic N) is 5. The van der Waals surface area contributed by atoms with Crippen LogP contribution in [0.25, 0.3) is 11.2 Å². The van der Waals surface area contributed by atoms with Crippen LogP contribution in [0.1, 0.15) is 32.1 Å². The largest absolute Gasteiger partial charge is 0.422 e. The van der Waals surface area contributed by atoms with E-state index in [0.29, 0.717) is 43.2 Å². The number of rotatable bonds is 5. The van der Waals surface area contributed by atoms with Crippen LogP contribution in [0.5, 0.6) is 0 Å². The zero-order chi connectivity index (χ0) is 18.1. The number of hydrogen-bond donors (Lipinski definition) is 0. The number of oxazole rings is 1. The zero-order valence-corrected chi connectivity index (χ0v) is 15.4. The third kappa shape index (κ3) is 2.82. The molecule has 2 fully saturated rings. The molecule has 0 unspecified atom stereocenters. The van der Waals surface area contributed by atoms with E-state index in [1.54, 1.807) is 7.11 Å². The Morgan fingerprint density at radius 1 is 1.31 bits per heavy atom. The van der Waals surface area contributed by atoms with Crippen molar-refractivity contribution in [2.45, 2.75) is 32.6 Å². The third-order valence-electron chi connectivity index (χ3n) is 5.57. The first-order valence-electron chi connectivity index (χ1n) is 9.30. The summed E-state index contributed by atoms with van der Waals surface area (Å²) in [6.45, 7) is 5.54. The van der Waals surface area contributed by atoms with Gasteiger partial charge in [0.15, 0.2) is 17.2 Å². The number of carbonyl (C=O) groups is 1. The summed E-state index contributed by atoms with van der Waals surface area (Å²) in [7, 11) is 1.67. The van der Waals surface area contributed by atoms with E-state index in [9.17, 15) is 4.79 Å². The van der Waals surface area contributed by atoms with Gasteiger partial charge in [0, 0.05) is 39.7 Å². The van der Waals surface area contributed by atoms with Crippen molar-refractivity contribution < 1.29 is 13.9 Å². The predicted octanol–water partition coefficient (Wildman–Crippen LogP) is 1.65. The van der Waals surface area contributed by atoms with E-state index in [-0.39, 0.29) is 11.3 Å². The van der Waals surface area contributed by atoms with Crippen molar-refractivity contribution in [2.24, 2.45) is 5.41 Å². The molecule has 1 atom stereocenters. The second-order valence-corrected chi connectivity index (χ2v) is 7.15. The van der Waals surface area contributed by atoms with Crippen LogP contribution in [0.4, 0.5) is 5.82 Å². The maximum Gasteiger partial charge on any atom is 0.252 e. The van der Waals surface area contributed by atoms with Gasteiger partial charge < -0.3 is 19.0 Å². The lowest BCUT2D eigenvalue weighted by Crippen LogP contribution is -2.51. The Bertz CT molecular complexity index is 807. The molecule has 1 amide bonds. The lowest BCUT2D eigenvalue weighted by Gasteiger charge is -2.39. The first-order chi connectivity index (χ1) is 12.7. The highest BCUT2D eigenvalue weighted by atomic mass is 16.5. The molecule has 2 aliphatic heterocycles. The molecule has 2 aliphatic rings. The first-order valence-corrected chi connectivity index (χ1v) is 9.30. The van der Waals surface area contributed by atoms with Gasteiger partial charge in [0.05, 0.1) is 12.0 Å². The summed E-state index contributed by atoms with van der Waals surface area (Å²) in [5.41, 5.74) is 0.894. The average molecular weight is 359 g/mol. The standard InChI is InChI=1S/C18H25N5O3/c1-3-13-21-14-15(19-12-20-16(14)26-13)23-8-6-18(11-23)5-4-7-22(17(18)24)9-10-25-2/h12H,3-11H2,1-2H3/t18-/m0/s1. The van der Waals surface area contributed by atoms with Gasteiger partial charge in [-0.3, -0.25) is 4.79 Å². The molecular formula is C18H25N5O3. The summed E-state index contributed by atoms with van der Waals surface area (Å²) in [5.74, 6) is 1.69. The number of anilines is 1. The van der Waals surface area contributed by atoms with Gasteiger partial charge in [-0.1, -0.05) is 6.92 Å². The van der Waals surface area contributed by atoms with E-state index < -0.39 is 0 Å². The molecule has 4 heterocycles. The maximum absolute atomic E-state index is 13.1. The molecule has 0 saturated carbocycles. The van der Waals surface area contributed by atoms with Gasteiger partial charge in [0.25, 0.3) is 5.71 Å². The second kappa shape index (κ2) is 6.83. The number of fused-ring (bicyclic) bond motifs is 1. The summed E-state index contributed by atoms with van der Waals surface area (Å²) in [6, 6.07) is 0. The minimum atomic E-state index is -0.319. The molecule has 0 N–H and O–H groups in total. The van der Waals surface area contributed by atoms with E-state index >= 15 is 0 Å². The summed E-state index contributed by atoms with van der Waals surface area (Å²) in [4.78, 5) is 30.4. The number of methoxy groups -OCH3 is 1. The fraction of sp³-hybridized carbons (Fsp3) is 0.667. The van der Waals surface area contributed by atoms with Gasteiger partial charge in [-0.25, -0.2) is 9.97 Å². The second-order valence-electron chi connectivity index (χ2n) is 7.15. The van der Waals surface area contributed by atoms with Crippen molar-refractivity contribution in [2.75, 3.05) is 44.8 Å². The van der Waals surface area contributed by atoms with Gasteiger partial charge in [-0.05, 0) is 19.3 Å². The number of carbonyl (C=O) groups excluding carboxylic acids is 1. The molecule has 0 radical (unpaired) electrons. The van der Waals surface area contributed by atoms with Gasteiger partial charge >= 0.3 is 0 Å². The Balaban J connectivity index is 1.58.